The molecule has 0 aromatic heterocycles. The Morgan fingerprint density at radius 1 is 0.734 bits per heavy atom. The molecule has 5 aliphatic carbocycles. The number of aliphatic hydroxyl groups excluding tert-OH is 9. The van der Waals surface area contributed by atoms with E-state index in [2.05, 4.69) is 40.7 Å². The van der Waals surface area contributed by atoms with Crippen LogP contribution in [0.3, 0.4) is 0 Å². The van der Waals surface area contributed by atoms with Crippen molar-refractivity contribution in [3.8, 4) is 0 Å². The molecule has 8 rings (SSSR count). The highest BCUT2D eigenvalue weighted by molar-refractivity contribution is 5.76. The molecule has 0 bridgehead atoms. The molecule has 3 aliphatic heterocycles. The highest BCUT2D eigenvalue weighted by Gasteiger charge is 2.70. The maximum absolute atomic E-state index is 13.1. The largest absolute Gasteiger partial charge is 0.481 e. The summed E-state index contributed by atoms with van der Waals surface area (Å²) in [5.41, 5.74) is -0.703. The normalized spacial score (nSPS) is 55.0. The first-order chi connectivity index (χ1) is 29.9. The van der Waals surface area contributed by atoms with Gasteiger partial charge >= 0.3 is 5.97 Å². The maximum atomic E-state index is 13.1. The first-order valence-electron chi connectivity index (χ1n) is 23.7. The Hall–Kier alpha value is -1.39. The van der Waals surface area contributed by atoms with Crippen LogP contribution in [0.25, 0.3) is 0 Å². The number of ether oxygens (including phenoxy) is 6. The minimum Gasteiger partial charge on any atom is -0.481 e. The number of hydrogen-bond donors (Lipinski definition) is 10. The Bertz CT molecular complexity index is 1750. The molecule has 0 spiro atoms. The van der Waals surface area contributed by atoms with Gasteiger partial charge in [0.1, 0.15) is 61.0 Å². The summed E-state index contributed by atoms with van der Waals surface area (Å²) in [4.78, 5) is 13.1. The average molecular weight is 913 g/mol. The zero-order valence-electron chi connectivity index (χ0n) is 38.5. The Balaban J connectivity index is 1.02. The van der Waals surface area contributed by atoms with E-state index in [1.54, 1.807) is 0 Å². The van der Waals surface area contributed by atoms with Crippen LogP contribution in [0.4, 0.5) is 0 Å². The molecular weight excluding hydrogens is 837 g/mol. The van der Waals surface area contributed by atoms with Crippen LogP contribution < -0.4 is 0 Å². The van der Waals surface area contributed by atoms with Gasteiger partial charge in [-0.25, -0.2) is 0 Å². The van der Waals surface area contributed by atoms with Crippen molar-refractivity contribution in [1.82, 2.24) is 0 Å². The van der Waals surface area contributed by atoms with E-state index in [1.165, 1.54) is 12.5 Å². The van der Waals surface area contributed by atoms with E-state index < -0.39 is 122 Å². The van der Waals surface area contributed by atoms with Crippen LogP contribution in [0, 0.1) is 50.2 Å². The lowest BCUT2D eigenvalue weighted by Crippen LogP contribution is -2.67. The third-order valence-corrected chi connectivity index (χ3v) is 19.0. The molecule has 10 N–H and O–H groups in total. The average Bonchev–Trinajstić information content (AvgIpc) is 3.24. The van der Waals surface area contributed by atoms with Crippen molar-refractivity contribution in [2.45, 2.75) is 205 Å². The number of carboxylic acid groups (broad SMARTS) is 1. The van der Waals surface area contributed by atoms with Crippen molar-refractivity contribution in [2.24, 2.45) is 50.2 Å². The topological polar surface area (TPSA) is 275 Å². The molecule has 23 atom stereocenters. The number of rotatable bonds is 9. The van der Waals surface area contributed by atoms with Crippen LogP contribution in [0.5, 0.6) is 0 Å². The van der Waals surface area contributed by atoms with Gasteiger partial charge in [0.2, 0.25) is 0 Å². The predicted octanol–water partition coefficient (Wildman–Crippen LogP) is 1.35. The van der Waals surface area contributed by atoms with Crippen LogP contribution in [0.2, 0.25) is 0 Å². The number of carbonyl (C=O) groups is 1. The van der Waals surface area contributed by atoms with Gasteiger partial charge in [0.15, 0.2) is 18.9 Å². The molecule has 0 radical (unpaired) electrons. The Morgan fingerprint density at radius 3 is 2.11 bits per heavy atom. The van der Waals surface area contributed by atoms with Gasteiger partial charge < -0.3 is 79.5 Å². The third kappa shape index (κ3) is 7.58. The first kappa shape index (κ1) is 49.0. The van der Waals surface area contributed by atoms with E-state index >= 15 is 0 Å². The molecular formula is C47H76O17. The van der Waals surface area contributed by atoms with Gasteiger partial charge in [0, 0.05) is 5.41 Å². The molecule has 0 unspecified atom stereocenters. The molecule has 0 aromatic carbocycles. The maximum Gasteiger partial charge on any atom is 0.310 e. The van der Waals surface area contributed by atoms with E-state index in [-0.39, 0.29) is 46.0 Å². The molecule has 17 nitrogen and oxygen atoms in total. The SMILES string of the molecule is C[C@H]1O[C@@H](O[C@H]2[C@H](O)[C@@H](OC[C@]3(C)[C@H]4CC[C@]5(C)[C@@H](CC=C6[C@@H]7CC(C)(C)CC[C@]7(C(=O)O)CC[C@@]65C)[C@]4(C)CC[C@H]3O)O[C@@H](CO)[C@@H]2O)[C@H](O[C@H]2OC[C@H](O)[C@@H](O)[C@@H]2O)[C@@H](O)[C@@H]1O. The summed E-state index contributed by atoms with van der Waals surface area (Å²) in [6.07, 6.45) is -12.2. The summed E-state index contributed by atoms with van der Waals surface area (Å²) < 4.78 is 35.6. The summed E-state index contributed by atoms with van der Waals surface area (Å²) in [5.74, 6) is -0.442. The van der Waals surface area contributed by atoms with Crippen LogP contribution in [-0.4, -0.2) is 169 Å². The molecule has 17 heteroatoms. The van der Waals surface area contributed by atoms with E-state index in [1.807, 2.05) is 6.92 Å². The highest BCUT2D eigenvalue weighted by Crippen LogP contribution is 2.76. The zero-order valence-corrected chi connectivity index (χ0v) is 38.5. The number of allylic oxidation sites excluding steroid dienone is 2. The molecule has 0 amide bonds. The van der Waals surface area contributed by atoms with Crippen LogP contribution >= 0.6 is 0 Å². The van der Waals surface area contributed by atoms with Gasteiger partial charge in [-0.05, 0) is 111 Å². The number of fused-ring (bicyclic) bond motifs is 7. The van der Waals surface area contributed by atoms with Crippen molar-refractivity contribution in [1.29, 1.82) is 0 Å². The van der Waals surface area contributed by atoms with Gasteiger partial charge in [0.25, 0.3) is 0 Å². The van der Waals surface area contributed by atoms with Crippen LogP contribution in [0.1, 0.15) is 113 Å². The minimum absolute atomic E-state index is 0.00962. The number of aliphatic hydroxyl groups is 9. The second kappa shape index (κ2) is 17.2. The number of carboxylic acids is 1. The fraction of sp³-hybridized carbons (Fsp3) is 0.936. The smallest absolute Gasteiger partial charge is 0.310 e. The molecule has 7 fully saturated rings. The summed E-state index contributed by atoms with van der Waals surface area (Å²) >= 11 is 0. The quantitative estimate of drug-likeness (QED) is 0.146. The lowest BCUT2D eigenvalue weighted by molar-refractivity contribution is -0.382. The Labute approximate surface area is 376 Å². The van der Waals surface area contributed by atoms with Gasteiger partial charge in [-0.15, -0.1) is 0 Å². The molecule has 8 aliphatic rings. The number of aliphatic carboxylic acids is 1. The second-order valence-electron chi connectivity index (χ2n) is 22.9. The summed E-state index contributed by atoms with van der Waals surface area (Å²) in [7, 11) is 0. The fourth-order valence-electron chi connectivity index (χ4n) is 14.7. The van der Waals surface area contributed by atoms with Gasteiger partial charge in [-0.1, -0.05) is 53.2 Å². The Kier molecular flexibility index (Phi) is 13.2. The summed E-state index contributed by atoms with van der Waals surface area (Å²) in [6.45, 7) is 14.1. The van der Waals surface area contributed by atoms with E-state index in [0.717, 1.165) is 44.9 Å². The van der Waals surface area contributed by atoms with E-state index in [9.17, 15) is 55.9 Å². The molecule has 64 heavy (non-hydrogen) atoms. The van der Waals surface area contributed by atoms with E-state index in [4.69, 9.17) is 28.4 Å². The van der Waals surface area contributed by atoms with Crippen LogP contribution in [0.15, 0.2) is 11.6 Å². The molecule has 366 valence electrons. The lowest BCUT2D eigenvalue weighted by Gasteiger charge is -2.71. The summed E-state index contributed by atoms with van der Waals surface area (Å²) in [5, 5.41) is 109. The lowest BCUT2D eigenvalue weighted by atomic mass is 9.33. The predicted molar refractivity (Wildman–Crippen MR) is 225 cm³/mol. The monoisotopic (exact) mass is 913 g/mol. The summed E-state index contributed by atoms with van der Waals surface area (Å²) in [6, 6.07) is 0. The van der Waals surface area contributed by atoms with Gasteiger partial charge in [-0.2, -0.15) is 0 Å². The molecule has 3 heterocycles. The van der Waals surface area contributed by atoms with E-state index in [0.29, 0.717) is 19.3 Å². The van der Waals surface area contributed by atoms with Crippen molar-refractivity contribution in [3.63, 3.8) is 0 Å². The van der Waals surface area contributed by atoms with Crippen molar-refractivity contribution in [3.05, 3.63) is 11.6 Å². The van der Waals surface area contributed by atoms with Crippen molar-refractivity contribution >= 4 is 5.97 Å². The standard InChI is InChI=1S/C47H76O17/c1-22-30(51)33(54)37(64-38-34(55)31(52)25(49)20-59-38)40(61-22)63-36-32(53)26(19-48)62-39(35(36)56)60-21-44(5)27-10-13-46(7)28(43(27,4)12-11-29(44)50)9-8-23-24-18-42(2,3)14-16-47(24,41(57)58)17-15-45(23,46)6/h8,22,24-40,48-56H,9-21H2,1-7H3,(H,57,58)/t22-,24+,25+,26+,27+,28+,29-,30-,31-,32+,33+,34+,35+,36-,37-,38-,39+,40+,43-,44-,45+,46-,47+/m1/s1. The third-order valence-electron chi connectivity index (χ3n) is 19.0. The van der Waals surface area contributed by atoms with Gasteiger partial charge in [-0.3, -0.25) is 4.79 Å². The molecule has 4 saturated carbocycles. The first-order valence-corrected chi connectivity index (χ1v) is 23.7. The van der Waals surface area contributed by atoms with Crippen molar-refractivity contribution < 1.29 is 84.3 Å². The molecule has 0 aromatic rings. The van der Waals surface area contributed by atoms with Crippen molar-refractivity contribution in [2.75, 3.05) is 19.8 Å². The Morgan fingerprint density at radius 2 is 1.42 bits per heavy atom. The fourth-order valence-corrected chi connectivity index (χ4v) is 14.7. The van der Waals surface area contributed by atoms with Crippen LogP contribution in [-0.2, 0) is 33.2 Å². The highest BCUT2D eigenvalue weighted by atomic mass is 16.8. The second-order valence-corrected chi connectivity index (χ2v) is 22.9. The minimum atomic E-state index is -1.76. The number of hydrogen-bond acceptors (Lipinski definition) is 16. The zero-order chi connectivity index (χ0) is 46.7. The van der Waals surface area contributed by atoms with Gasteiger partial charge in [0.05, 0.1) is 37.4 Å². The molecule has 3 saturated heterocycles.